The minimum Gasteiger partial charge on any atom is -0.368 e. The highest BCUT2D eigenvalue weighted by molar-refractivity contribution is 8.02. The lowest BCUT2D eigenvalue weighted by atomic mass is 10.1. The topological polar surface area (TPSA) is 60.9 Å². The fraction of sp³-hybridized carbons (Fsp3) is 0.0625. The molecule has 2 aromatic carbocycles. The Morgan fingerprint density at radius 2 is 1.88 bits per heavy atom. The lowest BCUT2D eigenvalue weighted by Crippen LogP contribution is -2.18. The Hall–Kier alpha value is -1.67. The van der Waals surface area contributed by atoms with Crippen LogP contribution in [0, 0.1) is 3.95 Å². The smallest absolute Gasteiger partial charge is 0.235 e. The minimum absolute atomic E-state index is 0.412. The van der Waals surface area contributed by atoms with Gasteiger partial charge < -0.3 is 5.73 Å². The van der Waals surface area contributed by atoms with Crippen LogP contribution in [0.2, 0.25) is 5.02 Å². The second-order valence-corrected chi connectivity index (χ2v) is 8.24. The van der Waals surface area contributed by atoms with E-state index in [2.05, 4.69) is 5.10 Å². The highest BCUT2D eigenvalue weighted by Gasteiger charge is 2.21. The highest BCUT2D eigenvalue weighted by atomic mass is 35.5. The first kappa shape index (κ1) is 17.2. The van der Waals surface area contributed by atoms with Crippen LogP contribution in [0.3, 0.4) is 0 Å². The SMILES string of the molecule is NC(=O)C(Sc1nn(-c2ccc(Cl)cc2)c(=S)s1)c1ccccc1. The van der Waals surface area contributed by atoms with Crippen LogP contribution in [0.1, 0.15) is 10.8 Å². The molecule has 0 saturated heterocycles. The minimum atomic E-state index is -0.509. The van der Waals surface area contributed by atoms with Crippen LogP contribution in [-0.4, -0.2) is 15.7 Å². The molecular formula is C16H12ClN3OS3. The van der Waals surface area contributed by atoms with Gasteiger partial charge in [-0.25, -0.2) is 4.68 Å². The number of primary amides is 1. The summed E-state index contributed by atoms with van der Waals surface area (Å²) in [6, 6.07) is 16.6. The molecule has 3 aromatic rings. The molecule has 0 aliphatic heterocycles. The number of thioether (sulfide) groups is 1. The number of amides is 1. The van der Waals surface area contributed by atoms with E-state index in [1.54, 1.807) is 16.8 Å². The quantitative estimate of drug-likeness (QED) is 0.507. The van der Waals surface area contributed by atoms with Crippen molar-refractivity contribution >= 4 is 52.8 Å². The van der Waals surface area contributed by atoms with Crippen molar-refractivity contribution in [1.82, 2.24) is 9.78 Å². The van der Waals surface area contributed by atoms with Gasteiger partial charge in [0.05, 0.1) is 5.69 Å². The van der Waals surface area contributed by atoms with Crippen LogP contribution >= 0.6 is 46.9 Å². The largest absolute Gasteiger partial charge is 0.368 e. The maximum absolute atomic E-state index is 11.8. The van der Waals surface area contributed by atoms with E-state index in [4.69, 9.17) is 29.6 Å². The summed E-state index contributed by atoms with van der Waals surface area (Å²) < 4.78 is 2.93. The molecule has 2 N–H and O–H groups in total. The van der Waals surface area contributed by atoms with Gasteiger partial charge in [0.2, 0.25) is 5.91 Å². The Bertz CT molecular complexity index is 906. The van der Waals surface area contributed by atoms with Crippen molar-refractivity contribution in [2.24, 2.45) is 5.73 Å². The Balaban J connectivity index is 1.90. The Kier molecular flexibility index (Phi) is 5.35. The molecule has 8 heteroatoms. The number of hydrogen-bond acceptors (Lipinski definition) is 5. The summed E-state index contributed by atoms with van der Waals surface area (Å²) in [5, 5.41) is 4.64. The summed E-state index contributed by atoms with van der Waals surface area (Å²) in [6.45, 7) is 0. The van der Waals surface area contributed by atoms with E-state index < -0.39 is 11.2 Å². The molecule has 1 atom stereocenters. The zero-order valence-corrected chi connectivity index (χ0v) is 15.5. The molecule has 1 aromatic heterocycles. The van der Waals surface area contributed by atoms with Crippen LogP contribution in [0.25, 0.3) is 5.69 Å². The number of benzene rings is 2. The van der Waals surface area contributed by atoms with E-state index in [0.29, 0.717) is 13.3 Å². The molecule has 0 bridgehead atoms. The number of carbonyl (C=O) groups is 1. The molecule has 0 radical (unpaired) electrons. The van der Waals surface area contributed by atoms with Crippen molar-refractivity contribution in [3.63, 3.8) is 0 Å². The van der Waals surface area contributed by atoms with Crippen molar-refractivity contribution < 1.29 is 4.79 Å². The zero-order valence-electron chi connectivity index (χ0n) is 12.3. The second-order valence-electron chi connectivity index (χ2n) is 4.83. The Morgan fingerprint density at radius 1 is 1.21 bits per heavy atom. The lowest BCUT2D eigenvalue weighted by molar-refractivity contribution is -0.117. The fourth-order valence-corrected chi connectivity index (χ4v) is 4.70. The van der Waals surface area contributed by atoms with Crippen LogP contribution in [0.5, 0.6) is 0 Å². The standard InChI is InChI=1S/C16H12ClN3OS3/c17-11-6-8-12(9-7-11)20-16(22)24-15(19-20)23-13(14(18)21)10-4-2-1-3-5-10/h1-9,13H,(H2,18,21). The van der Waals surface area contributed by atoms with Gasteiger partial charge in [0.15, 0.2) is 8.29 Å². The molecule has 24 heavy (non-hydrogen) atoms. The van der Waals surface area contributed by atoms with Gasteiger partial charge in [0, 0.05) is 5.02 Å². The van der Waals surface area contributed by atoms with Gasteiger partial charge in [-0.1, -0.05) is 65.0 Å². The average Bonchev–Trinajstić information content (AvgIpc) is 2.94. The van der Waals surface area contributed by atoms with Crippen LogP contribution in [0.15, 0.2) is 58.9 Å². The van der Waals surface area contributed by atoms with Crippen molar-refractivity contribution in [3.05, 3.63) is 69.1 Å². The average molecular weight is 394 g/mol. The maximum atomic E-state index is 11.8. The Morgan fingerprint density at radius 3 is 2.50 bits per heavy atom. The summed E-state index contributed by atoms with van der Waals surface area (Å²) in [5.74, 6) is -0.412. The molecule has 1 amide bonds. The molecule has 1 unspecified atom stereocenters. The fourth-order valence-electron chi connectivity index (χ4n) is 2.07. The van der Waals surface area contributed by atoms with Crippen molar-refractivity contribution in [2.45, 2.75) is 9.59 Å². The first-order valence-electron chi connectivity index (χ1n) is 6.91. The van der Waals surface area contributed by atoms with Gasteiger partial charge in [0.25, 0.3) is 0 Å². The molecular weight excluding hydrogens is 382 g/mol. The van der Waals surface area contributed by atoms with E-state index in [1.165, 1.54) is 23.1 Å². The molecule has 1 heterocycles. The third-order valence-corrected chi connectivity index (χ3v) is 6.02. The number of aromatic nitrogens is 2. The van der Waals surface area contributed by atoms with E-state index in [9.17, 15) is 4.79 Å². The van der Waals surface area contributed by atoms with Gasteiger partial charge in [-0.05, 0) is 42.0 Å². The van der Waals surface area contributed by atoms with E-state index in [1.807, 2.05) is 42.5 Å². The first-order valence-corrected chi connectivity index (χ1v) is 9.40. The molecule has 0 spiro atoms. The zero-order chi connectivity index (χ0) is 17.1. The molecule has 0 saturated carbocycles. The van der Waals surface area contributed by atoms with E-state index in [0.717, 1.165) is 11.3 Å². The van der Waals surface area contributed by atoms with Gasteiger partial charge >= 0.3 is 0 Å². The van der Waals surface area contributed by atoms with Crippen LogP contribution in [0.4, 0.5) is 0 Å². The first-order chi connectivity index (χ1) is 11.5. The number of hydrogen-bond donors (Lipinski definition) is 1. The summed E-state index contributed by atoms with van der Waals surface area (Å²) in [4.78, 5) is 11.8. The third kappa shape index (κ3) is 3.87. The van der Waals surface area contributed by atoms with Gasteiger partial charge in [-0.3, -0.25) is 4.79 Å². The van der Waals surface area contributed by atoms with Crippen LogP contribution < -0.4 is 5.73 Å². The summed E-state index contributed by atoms with van der Waals surface area (Å²) in [5.41, 5.74) is 7.22. The predicted octanol–water partition coefficient (Wildman–Crippen LogP) is 4.64. The lowest BCUT2D eigenvalue weighted by Gasteiger charge is -2.11. The monoisotopic (exact) mass is 393 g/mol. The van der Waals surface area contributed by atoms with Crippen molar-refractivity contribution in [3.8, 4) is 5.69 Å². The highest BCUT2D eigenvalue weighted by Crippen LogP contribution is 2.36. The third-order valence-electron chi connectivity index (χ3n) is 3.18. The summed E-state index contributed by atoms with van der Waals surface area (Å²) in [6.07, 6.45) is 0. The number of halogens is 1. The molecule has 0 aliphatic rings. The number of nitrogens with two attached hydrogens (primary N) is 1. The maximum Gasteiger partial charge on any atom is 0.235 e. The van der Waals surface area contributed by atoms with Gasteiger partial charge in [-0.2, -0.15) is 0 Å². The number of carbonyl (C=O) groups excluding carboxylic acids is 1. The molecule has 0 aliphatic carbocycles. The molecule has 4 nitrogen and oxygen atoms in total. The van der Waals surface area contributed by atoms with Crippen molar-refractivity contribution in [2.75, 3.05) is 0 Å². The summed E-state index contributed by atoms with van der Waals surface area (Å²) in [7, 11) is 0. The molecule has 3 rings (SSSR count). The number of nitrogens with zero attached hydrogens (tertiary/aromatic N) is 2. The van der Waals surface area contributed by atoms with Gasteiger partial charge in [0.1, 0.15) is 5.25 Å². The van der Waals surface area contributed by atoms with Crippen molar-refractivity contribution in [1.29, 1.82) is 0 Å². The van der Waals surface area contributed by atoms with Crippen LogP contribution in [-0.2, 0) is 4.79 Å². The number of rotatable bonds is 5. The van der Waals surface area contributed by atoms with E-state index in [-0.39, 0.29) is 0 Å². The second kappa shape index (κ2) is 7.48. The molecule has 0 fully saturated rings. The van der Waals surface area contributed by atoms with Gasteiger partial charge in [-0.15, -0.1) is 5.10 Å². The van der Waals surface area contributed by atoms with E-state index >= 15 is 0 Å². The summed E-state index contributed by atoms with van der Waals surface area (Å²) >= 11 is 13.9. The molecule has 122 valence electrons. The normalized spacial score (nSPS) is 12.0. The predicted molar refractivity (Wildman–Crippen MR) is 102 cm³/mol. The Labute approximate surface area is 157 Å².